The molecule has 0 aliphatic rings. The Hall–Kier alpha value is -6.52. The Labute approximate surface area is 278 Å². The number of aromatic nitrogens is 4. The molecule has 0 N–H and O–H groups in total. The molecule has 0 fully saturated rings. The predicted octanol–water partition coefficient (Wildman–Crippen LogP) is 11.1. The Morgan fingerprint density at radius 2 is 0.812 bits per heavy atom. The van der Waals surface area contributed by atoms with Crippen molar-refractivity contribution in [1.29, 1.82) is 0 Å². The average Bonchev–Trinajstić information content (AvgIpc) is 3.17. The first kappa shape index (κ1) is 27.8. The van der Waals surface area contributed by atoms with Crippen molar-refractivity contribution in [3.8, 4) is 56.4 Å². The molecular formula is C44H28N4. The number of pyridine rings is 1. The smallest absolute Gasteiger partial charge is 0.164 e. The zero-order valence-corrected chi connectivity index (χ0v) is 26.0. The van der Waals surface area contributed by atoms with Gasteiger partial charge in [-0.05, 0) is 62.7 Å². The molecule has 0 aliphatic carbocycles. The van der Waals surface area contributed by atoms with Crippen LogP contribution in [0.4, 0.5) is 0 Å². The van der Waals surface area contributed by atoms with Crippen LogP contribution in [0, 0.1) is 0 Å². The summed E-state index contributed by atoms with van der Waals surface area (Å²) < 4.78 is 0. The Kier molecular flexibility index (Phi) is 6.76. The van der Waals surface area contributed by atoms with E-state index in [1.807, 2.05) is 72.9 Å². The first-order valence-corrected chi connectivity index (χ1v) is 16.1. The number of nitrogens with zero attached hydrogens (tertiary/aromatic N) is 4. The molecule has 0 spiro atoms. The first-order valence-electron chi connectivity index (χ1n) is 16.1. The van der Waals surface area contributed by atoms with E-state index < -0.39 is 0 Å². The molecule has 0 radical (unpaired) electrons. The van der Waals surface area contributed by atoms with Crippen LogP contribution in [0.25, 0.3) is 88.9 Å². The second kappa shape index (κ2) is 11.7. The minimum absolute atomic E-state index is 0.649. The van der Waals surface area contributed by atoms with Gasteiger partial charge in [0, 0.05) is 33.7 Å². The normalized spacial score (nSPS) is 11.3. The quantitative estimate of drug-likeness (QED) is 0.181. The number of fused-ring (bicyclic) bond motifs is 4. The molecule has 0 unspecified atom stereocenters. The van der Waals surface area contributed by atoms with Crippen LogP contribution < -0.4 is 0 Å². The van der Waals surface area contributed by atoms with Gasteiger partial charge in [-0.3, -0.25) is 4.98 Å². The molecule has 0 atom stereocenters. The van der Waals surface area contributed by atoms with Crippen molar-refractivity contribution in [2.75, 3.05) is 0 Å². The number of benzene rings is 7. The van der Waals surface area contributed by atoms with Crippen molar-refractivity contribution in [3.05, 3.63) is 170 Å². The largest absolute Gasteiger partial charge is 0.256 e. The van der Waals surface area contributed by atoms with Gasteiger partial charge in [-0.1, -0.05) is 140 Å². The molecule has 224 valence electrons. The fourth-order valence-electron chi connectivity index (χ4n) is 6.68. The SMILES string of the molecule is c1ccc(-c2nc(-c3ccccc3)nc(-c3ccc(-c4cccc(-c5cc6cccnc6c6ccccc56)c4)c4ccccc34)n2)cc1. The van der Waals surface area contributed by atoms with Crippen LogP contribution in [0.15, 0.2) is 170 Å². The standard InChI is InChI=1S/C44H28N4/c1-3-13-29(14-4-1)42-46-43(30-15-5-2-6-16-30)48-44(47-42)39-25-24-34(35-20-7-8-21-36(35)39)31-17-11-18-32(27-31)40-28-33-19-12-26-45-41(33)38-23-10-9-22-37(38)40/h1-28H. The van der Waals surface area contributed by atoms with E-state index in [1.165, 1.54) is 16.5 Å². The second-order valence-corrected chi connectivity index (χ2v) is 11.9. The molecule has 0 saturated heterocycles. The molecule has 9 aromatic rings. The fourth-order valence-corrected chi connectivity index (χ4v) is 6.68. The highest BCUT2D eigenvalue weighted by molar-refractivity contribution is 6.12. The van der Waals surface area contributed by atoms with E-state index in [4.69, 9.17) is 19.9 Å². The monoisotopic (exact) mass is 612 g/mol. The van der Waals surface area contributed by atoms with Crippen LogP contribution in [-0.4, -0.2) is 19.9 Å². The maximum Gasteiger partial charge on any atom is 0.164 e. The second-order valence-electron chi connectivity index (χ2n) is 11.9. The summed E-state index contributed by atoms with van der Waals surface area (Å²) in [5.41, 5.74) is 8.57. The first-order chi connectivity index (χ1) is 23.8. The molecule has 0 aliphatic heterocycles. The lowest BCUT2D eigenvalue weighted by molar-refractivity contribution is 1.08. The molecule has 2 aromatic heterocycles. The zero-order chi connectivity index (χ0) is 31.9. The predicted molar refractivity (Wildman–Crippen MR) is 197 cm³/mol. The highest BCUT2D eigenvalue weighted by atomic mass is 15.0. The van der Waals surface area contributed by atoms with Gasteiger partial charge in [0.05, 0.1) is 5.52 Å². The van der Waals surface area contributed by atoms with E-state index in [-0.39, 0.29) is 0 Å². The molecule has 4 heteroatoms. The van der Waals surface area contributed by atoms with Crippen molar-refractivity contribution in [2.24, 2.45) is 0 Å². The van der Waals surface area contributed by atoms with Crippen molar-refractivity contribution in [2.45, 2.75) is 0 Å². The van der Waals surface area contributed by atoms with Crippen LogP contribution in [0.1, 0.15) is 0 Å². The van der Waals surface area contributed by atoms with Crippen LogP contribution in [0.2, 0.25) is 0 Å². The molecular weight excluding hydrogens is 585 g/mol. The topological polar surface area (TPSA) is 51.6 Å². The van der Waals surface area contributed by atoms with Gasteiger partial charge in [-0.25, -0.2) is 15.0 Å². The molecule has 4 nitrogen and oxygen atoms in total. The maximum absolute atomic E-state index is 5.03. The van der Waals surface area contributed by atoms with Gasteiger partial charge in [0.15, 0.2) is 17.5 Å². The average molecular weight is 613 g/mol. The molecule has 0 bridgehead atoms. The summed E-state index contributed by atoms with van der Waals surface area (Å²) >= 11 is 0. The third kappa shape index (κ3) is 4.88. The lowest BCUT2D eigenvalue weighted by Gasteiger charge is -2.14. The minimum atomic E-state index is 0.649. The van der Waals surface area contributed by atoms with E-state index in [0.717, 1.165) is 54.9 Å². The molecule has 48 heavy (non-hydrogen) atoms. The number of rotatable bonds is 5. The molecule has 0 saturated carbocycles. The van der Waals surface area contributed by atoms with Crippen molar-refractivity contribution in [1.82, 2.24) is 19.9 Å². The Bertz CT molecular complexity index is 2560. The molecule has 7 aromatic carbocycles. The summed E-state index contributed by atoms with van der Waals surface area (Å²) in [6.07, 6.45) is 1.87. The van der Waals surface area contributed by atoms with Crippen molar-refractivity contribution >= 4 is 32.4 Å². The zero-order valence-electron chi connectivity index (χ0n) is 26.0. The third-order valence-electron chi connectivity index (χ3n) is 8.96. The van der Waals surface area contributed by atoms with Gasteiger partial charge in [0.25, 0.3) is 0 Å². The van der Waals surface area contributed by atoms with Gasteiger partial charge in [0.1, 0.15) is 0 Å². The van der Waals surface area contributed by atoms with Crippen LogP contribution in [-0.2, 0) is 0 Å². The number of hydrogen-bond donors (Lipinski definition) is 0. The van der Waals surface area contributed by atoms with Crippen LogP contribution >= 0.6 is 0 Å². The van der Waals surface area contributed by atoms with E-state index in [2.05, 4.69) is 97.1 Å². The van der Waals surface area contributed by atoms with Crippen molar-refractivity contribution in [3.63, 3.8) is 0 Å². The van der Waals surface area contributed by atoms with E-state index >= 15 is 0 Å². The number of hydrogen-bond acceptors (Lipinski definition) is 4. The summed E-state index contributed by atoms with van der Waals surface area (Å²) in [5, 5.41) is 5.72. The summed E-state index contributed by atoms with van der Waals surface area (Å²) in [6.45, 7) is 0. The molecule has 9 rings (SSSR count). The highest BCUT2D eigenvalue weighted by Crippen LogP contribution is 2.39. The van der Waals surface area contributed by atoms with E-state index in [1.54, 1.807) is 0 Å². The Morgan fingerprint density at radius 1 is 0.312 bits per heavy atom. The highest BCUT2D eigenvalue weighted by Gasteiger charge is 2.17. The van der Waals surface area contributed by atoms with Crippen molar-refractivity contribution < 1.29 is 0 Å². The third-order valence-corrected chi connectivity index (χ3v) is 8.96. The Balaban J connectivity index is 1.21. The molecule has 0 amide bonds. The van der Waals surface area contributed by atoms with Gasteiger partial charge >= 0.3 is 0 Å². The van der Waals surface area contributed by atoms with Crippen LogP contribution in [0.3, 0.4) is 0 Å². The summed E-state index contributed by atoms with van der Waals surface area (Å²) in [6, 6.07) is 56.9. The van der Waals surface area contributed by atoms with Gasteiger partial charge in [-0.2, -0.15) is 0 Å². The van der Waals surface area contributed by atoms with Gasteiger partial charge in [0.2, 0.25) is 0 Å². The lowest BCUT2D eigenvalue weighted by atomic mass is 9.91. The van der Waals surface area contributed by atoms with Gasteiger partial charge in [-0.15, -0.1) is 0 Å². The summed E-state index contributed by atoms with van der Waals surface area (Å²) in [7, 11) is 0. The lowest BCUT2D eigenvalue weighted by Crippen LogP contribution is -2.00. The maximum atomic E-state index is 5.03. The summed E-state index contributed by atoms with van der Waals surface area (Å²) in [5.74, 6) is 1.95. The Morgan fingerprint density at radius 3 is 1.48 bits per heavy atom. The van der Waals surface area contributed by atoms with Crippen LogP contribution in [0.5, 0.6) is 0 Å². The summed E-state index contributed by atoms with van der Waals surface area (Å²) in [4.78, 5) is 19.7. The van der Waals surface area contributed by atoms with E-state index in [9.17, 15) is 0 Å². The molecule has 2 heterocycles. The minimum Gasteiger partial charge on any atom is -0.256 e. The van der Waals surface area contributed by atoms with E-state index in [0.29, 0.717) is 17.5 Å². The fraction of sp³-hybridized carbons (Fsp3) is 0. The van der Waals surface area contributed by atoms with Gasteiger partial charge < -0.3 is 0 Å².